The lowest BCUT2D eigenvalue weighted by Crippen LogP contribution is -2.03. The molecule has 2 rings (SSSR count). The van der Waals surface area contributed by atoms with Crippen molar-refractivity contribution in [2.45, 2.75) is 13.5 Å². The number of aromatic carboxylic acids is 1. The molecule has 0 bridgehead atoms. The summed E-state index contributed by atoms with van der Waals surface area (Å²) in [5, 5.41) is 13.7. The van der Waals surface area contributed by atoms with E-state index in [1.807, 2.05) is 6.92 Å². The van der Waals surface area contributed by atoms with E-state index < -0.39 is 5.97 Å². The highest BCUT2D eigenvalue weighted by Crippen LogP contribution is 2.11. The van der Waals surface area contributed by atoms with Gasteiger partial charge in [0, 0.05) is 11.9 Å². The Hall–Kier alpha value is -1.91. The van der Waals surface area contributed by atoms with Crippen LogP contribution < -0.4 is 0 Å². The van der Waals surface area contributed by atoms with E-state index in [2.05, 4.69) is 10.1 Å². The number of hydrogen-bond acceptors (Lipinski definition) is 3. The van der Waals surface area contributed by atoms with Crippen LogP contribution in [0.3, 0.4) is 0 Å². The molecule has 0 aliphatic carbocycles. The lowest BCUT2D eigenvalue weighted by atomic mass is 10.3. The zero-order valence-electron chi connectivity index (χ0n) is 7.64. The van der Waals surface area contributed by atoms with Crippen molar-refractivity contribution in [2.75, 3.05) is 0 Å². The molecule has 0 aliphatic heterocycles. The van der Waals surface area contributed by atoms with Crippen LogP contribution in [0.2, 0.25) is 0 Å². The lowest BCUT2D eigenvalue weighted by Gasteiger charge is -1.98. The molecule has 0 atom stereocenters. The third-order valence-electron chi connectivity index (χ3n) is 2.00. The van der Waals surface area contributed by atoms with Crippen molar-refractivity contribution < 1.29 is 9.90 Å². The van der Waals surface area contributed by atoms with Crippen molar-refractivity contribution in [3.8, 4) is 0 Å². The average molecular weight is 191 g/mol. The van der Waals surface area contributed by atoms with Gasteiger partial charge in [0.1, 0.15) is 0 Å². The van der Waals surface area contributed by atoms with Crippen molar-refractivity contribution in [3.63, 3.8) is 0 Å². The minimum absolute atomic E-state index is 0.0488. The van der Waals surface area contributed by atoms with Gasteiger partial charge in [-0.3, -0.25) is 0 Å². The molecule has 2 aromatic heterocycles. The molecule has 2 heterocycles. The van der Waals surface area contributed by atoms with Crippen LogP contribution in [0.5, 0.6) is 0 Å². The van der Waals surface area contributed by atoms with Crippen molar-refractivity contribution in [2.24, 2.45) is 0 Å². The van der Waals surface area contributed by atoms with Crippen LogP contribution in [0, 0.1) is 0 Å². The topological polar surface area (TPSA) is 68.0 Å². The summed E-state index contributed by atoms with van der Waals surface area (Å²) < 4.78 is 1.67. The molecule has 0 amide bonds. The summed E-state index contributed by atoms with van der Waals surface area (Å²) in [4.78, 5) is 14.7. The molecule has 5 nitrogen and oxygen atoms in total. The van der Waals surface area contributed by atoms with E-state index in [0.717, 1.165) is 5.39 Å². The molecule has 2 aromatic rings. The second-order valence-electron chi connectivity index (χ2n) is 2.87. The van der Waals surface area contributed by atoms with Crippen LogP contribution in [-0.4, -0.2) is 25.8 Å². The van der Waals surface area contributed by atoms with E-state index in [-0.39, 0.29) is 5.69 Å². The maximum Gasteiger partial charge on any atom is 0.354 e. The van der Waals surface area contributed by atoms with Gasteiger partial charge in [0.05, 0.1) is 6.20 Å². The number of carboxylic acid groups (broad SMARTS) is 1. The molecule has 72 valence electrons. The predicted molar refractivity (Wildman–Crippen MR) is 50.2 cm³/mol. The summed E-state index contributed by atoms with van der Waals surface area (Å²) in [5.41, 5.74) is 0.667. The Labute approximate surface area is 80.0 Å². The highest BCUT2D eigenvalue weighted by molar-refractivity contribution is 5.88. The van der Waals surface area contributed by atoms with Crippen molar-refractivity contribution in [3.05, 3.63) is 24.0 Å². The zero-order chi connectivity index (χ0) is 10.1. The van der Waals surface area contributed by atoms with E-state index in [1.54, 1.807) is 16.9 Å². The van der Waals surface area contributed by atoms with E-state index in [0.29, 0.717) is 12.2 Å². The minimum atomic E-state index is -1.02. The Balaban J connectivity index is 2.67. The Morgan fingerprint density at radius 2 is 2.36 bits per heavy atom. The number of nitrogens with zero attached hydrogens (tertiary/aromatic N) is 3. The molecule has 1 N–H and O–H groups in total. The summed E-state index contributed by atoms with van der Waals surface area (Å²) in [6, 6.07) is 3.19. The Bertz CT molecular complexity index is 490. The monoisotopic (exact) mass is 191 g/mol. The number of aryl methyl sites for hydroxylation is 1. The van der Waals surface area contributed by atoms with Crippen LogP contribution in [0.25, 0.3) is 11.0 Å². The van der Waals surface area contributed by atoms with Gasteiger partial charge in [-0.05, 0) is 19.1 Å². The number of fused-ring (bicyclic) bond motifs is 1. The van der Waals surface area contributed by atoms with Gasteiger partial charge < -0.3 is 5.11 Å². The van der Waals surface area contributed by atoms with Crippen LogP contribution in [-0.2, 0) is 6.54 Å². The number of carboxylic acids is 1. The van der Waals surface area contributed by atoms with E-state index in [4.69, 9.17) is 5.11 Å². The van der Waals surface area contributed by atoms with Gasteiger partial charge in [-0.25, -0.2) is 14.5 Å². The van der Waals surface area contributed by atoms with Crippen molar-refractivity contribution in [1.29, 1.82) is 0 Å². The third-order valence-corrected chi connectivity index (χ3v) is 2.00. The molecule has 0 saturated carbocycles. The largest absolute Gasteiger partial charge is 0.477 e. The molecule has 0 fully saturated rings. The Morgan fingerprint density at radius 1 is 1.57 bits per heavy atom. The Morgan fingerprint density at radius 3 is 3.00 bits per heavy atom. The minimum Gasteiger partial charge on any atom is -0.477 e. The molecule has 0 aliphatic rings. The van der Waals surface area contributed by atoms with Gasteiger partial charge >= 0.3 is 5.97 Å². The molecule has 0 aromatic carbocycles. The fourth-order valence-electron chi connectivity index (χ4n) is 1.30. The maximum atomic E-state index is 10.7. The fourth-order valence-corrected chi connectivity index (χ4v) is 1.30. The van der Waals surface area contributed by atoms with E-state index >= 15 is 0 Å². The summed E-state index contributed by atoms with van der Waals surface area (Å²) in [6.07, 6.45) is 1.68. The normalized spacial score (nSPS) is 10.6. The lowest BCUT2D eigenvalue weighted by molar-refractivity contribution is 0.0691. The van der Waals surface area contributed by atoms with Gasteiger partial charge in [0.2, 0.25) is 0 Å². The smallest absolute Gasteiger partial charge is 0.354 e. The number of pyridine rings is 1. The van der Waals surface area contributed by atoms with Gasteiger partial charge in [0.25, 0.3) is 0 Å². The molecule has 14 heavy (non-hydrogen) atoms. The number of carbonyl (C=O) groups is 1. The van der Waals surface area contributed by atoms with E-state index in [9.17, 15) is 4.79 Å². The summed E-state index contributed by atoms with van der Waals surface area (Å²) >= 11 is 0. The molecule has 0 spiro atoms. The van der Waals surface area contributed by atoms with Crippen molar-refractivity contribution in [1.82, 2.24) is 14.8 Å². The van der Waals surface area contributed by atoms with Crippen LogP contribution in [0.15, 0.2) is 18.3 Å². The first-order valence-electron chi connectivity index (χ1n) is 4.28. The molecule has 0 saturated heterocycles. The standard InChI is InChI=1S/C9H9N3O2/c1-2-12-8-6(5-10-12)3-4-7(11-8)9(13)14/h3-5H,2H2,1H3,(H,13,14). The van der Waals surface area contributed by atoms with Gasteiger partial charge in [-0.2, -0.15) is 5.10 Å². The third kappa shape index (κ3) is 1.22. The fraction of sp³-hybridized carbons (Fsp3) is 0.222. The van der Waals surface area contributed by atoms with Gasteiger partial charge in [0.15, 0.2) is 11.3 Å². The quantitative estimate of drug-likeness (QED) is 0.773. The van der Waals surface area contributed by atoms with Crippen molar-refractivity contribution >= 4 is 17.0 Å². The number of aromatic nitrogens is 3. The molecular formula is C9H9N3O2. The SMILES string of the molecule is CCn1ncc2ccc(C(=O)O)nc21. The molecular weight excluding hydrogens is 182 g/mol. The van der Waals surface area contributed by atoms with Crippen LogP contribution in [0.1, 0.15) is 17.4 Å². The average Bonchev–Trinajstić information content (AvgIpc) is 2.59. The second-order valence-corrected chi connectivity index (χ2v) is 2.87. The molecule has 0 unspecified atom stereocenters. The molecule has 0 radical (unpaired) electrons. The highest BCUT2D eigenvalue weighted by Gasteiger charge is 2.08. The molecule has 5 heteroatoms. The first-order valence-corrected chi connectivity index (χ1v) is 4.28. The summed E-state index contributed by atoms with van der Waals surface area (Å²) in [7, 11) is 0. The first-order chi connectivity index (χ1) is 6.72. The summed E-state index contributed by atoms with van der Waals surface area (Å²) in [5.74, 6) is -1.02. The maximum absolute atomic E-state index is 10.7. The predicted octanol–water partition coefficient (Wildman–Crippen LogP) is 1.15. The summed E-state index contributed by atoms with van der Waals surface area (Å²) in [6.45, 7) is 2.61. The van der Waals surface area contributed by atoms with E-state index in [1.165, 1.54) is 6.07 Å². The van der Waals surface area contributed by atoms with Gasteiger partial charge in [-0.1, -0.05) is 0 Å². The number of hydrogen-bond donors (Lipinski definition) is 1. The van der Waals surface area contributed by atoms with Crippen LogP contribution >= 0.6 is 0 Å². The number of rotatable bonds is 2. The highest BCUT2D eigenvalue weighted by atomic mass is 16.4. The Kier molecular flexibility index (Phi) is 1.92. The second kappa shape index (κ2) is 3.10. The zero-order valence-corrected chi connectivity index (χ0v) is 7.64. The van der Waals surface area contributed by atoms with Gasteiger partial charge in [-0.15, -0.1) is 0 Å². The van der Waals surface area contributed by atoms with Crippen LogP contribution in [0.4, 0.5) is 0 Å². The first kappa shape index (κ1) is 8.68.